The monoisotopic (exact) mass is 420 g/mol. The Morgan fingerprint density at radius 2 is 2.05 bits per heavy atom. The minimum Gasteiger partial charge on any atom is -0.321 e. The molecule has 22 heavy (non-hydrogen) atoms. The highest BCUT2D eigenvalue weighted by Gasteiger charge is 2.10. The predicted molar refractivity (Wildman–Crippen MR) is 91.2 cm³/mol. The van der Waals surface area contributed by atoms with Crippen LogP contribution in [0, 0.1) is 0 Å². The lowest BCUT2D eigenvalue weighted by Crippen LogP contribution is -2.13. The number of carbonyl (C=O) groups is 1. The van der Waals surface area contributed by atoms with Gasteiger partial charge in [0.05, 0.1) is 11.3 Å². The topological polar surface area (TPSA) is 59.8 Å². The third kappa shape index (κ3) is 3.26. The fourth-order valence-electron chi connectivity index (χ4n) is 1.85. The number of hydrogen-bond acceptors (Lipinski definition) is 3. The first-order valence-electron chi connectivity index (χ1n) is 6.36. The Morgan fingerprint density at radius 1 is 1.18 bits per heavy atom. The van der Waals surface area contributed by atoms with Crippen LogP contribution in [-0.4, -0.2) is 20.7 Å². The Morgan fingerprint density at radius 3 is 2.73 bits per heavy atom. The van der Waals surface area contributed by atoms with Gasteiger partial charge >= 0.3 is 0 Å². The van der Waals surface area contributed by atoms with Crippen molar-refractivity contribution in [3.8, 4) is 5.82 Å². The molecule has 2 aromatic heterocycles. The third-order valence-corrected chi connectivity index (χ3v) is 4.11. The molecule has 0 spiro atoms. The molecule has 2 heterocycles. The van der Waals surface area contributed by atoms with Crippen LogP contribution in [0.2, 0.25) is 0 Å². The Kier molecular flexibility index (Phi) is 4.35. The Hall–Kier alpha value is -1.99. The van der Waals surface area contributed by atoms with E-state index in [0.717, 1.165) is 8.95 Å². The van der Waals surface area contributed by atoms with Crippen molar-refractivity contribution < 1.29 is 4.79 Å². The standard InChI is InChI=1S/C15H10Br2N4O/c16-11-3-4-12(17)13(8-11)20-15(22)10-2-5-14(18-9-10)21-7-1-6-19-21/h1-9H,(H,20,22). The van der Waals surface area contributed by atoms with Crippen LogP contribution in [0.5, 0.6) is 0 Å². The second-order valence-corrected chi connectivity index (χ2v) is 6.20. The zero-order valence-corrected chi connectivity index (χ0v) is 14.4. The van der Waals surface area contributed by atoms with Crippen molar-refractivity contribution in [1.82, 2.24) is 14.8 Å². The van der Waals surface area contributed by atoms with Crippen LogP contribution >= 0.6 is 31.9 Å². The van der Waals surface area contributed by atoms with E-state index >= 15 is 0 Å². The van der Waals surface area contributed by atoms with E-state index in [9.17, 15) is 4.79 Å². The first-order chi connectivity index (χ1) is 10.6. The molecule has 1 aromatic carbocycles. The minimum absolute atomic E-state index is 0.224. The highest BCUT2D eigenvalue weighted by atomic mass is 79.9. The number of hydrogen-bond donors (Lipinski definition) is 1. The van der Waals surface area contributed by atoms with Gasteiger partial charge in [-0.3, -0.25) is 4.79 Å². The van der Waals surface area contributed by atoms with E-state index in [1.165, 1.54) is 6.20 Å². The lowest BCUT2D eigenvalue weighted by molar-refractivity contribution is 0.102. The molecule has 0 bridgehead atoms. The predicted octanol–water partition coefficient (Wildman–Crippen LogP) is 4.04. The second-order valence-electron chi connectivity index (χ2n) is 4.43. The van der Waals surface area contributed by atoms with Crippen molar-refractivity contribution >= 4 is 43.5 Å². The number of nitrogens with one attached hydrogen (secondary N) is 1. The Balaban J connectivity index is 1.79. The summed E-state index contributed by atoms with van der Waals surface area (Å²) < 4.78 is 3.33. The summed E-state index contributed by atoms with van der Waals surface area (Å²) in [6, 6.07) is 10.8. The molecule has 1 amide bonds. The lowest BCUT2D eigenvalue weighted by Gasteiger charge is -2.08. The fourth-order valence-corrected chi connectivity index (χ4v) is 2.55. The van der Waals surface area contributed by atoms with Crippen LogP contribution < -0.4 is 5.32 Å². The van der Waals surface area contributed by atoms with Gasteiger partial charge in [-0.05, 0) is 52.3 Å². The summed E-state index contributed by atoms with van der Waals surface area (Å²) in [6.45, 7) is 0. The fraction of sp³-hybridized carbons (Fsp3) is 0. The Labute approximate surface area is 143 Å². The van der Waals surface area contributed by atoms with Gasteiger partial charge in [-0.25, -0.2) is 9.67 Å². The van der Waals surface area contributed by atoms with E-state index in [2.05, 4.69) is 47.3 Å². The van der Waals surface area contributed by atoms with E-state index in [0.29, 0.717) is 17.1 Å². The van der Waals surface area contributed by atoms with Crippen molar-refractivity contribution in [2.45, 2.75) is 0 Å². The minimum atomic E-state index is -0.224. The molecule has 0 saturated heterocycles. The first kappa shape index (κ1) is 14.9. The lowest BCUT2D eigenvalue weighted by atomic mass is 10.2. The number of pyridine rings is 1. The summed E-state index contributed by atoms with van der Waals surface area (Å²) in [5, 5.41) is 6.94. The van der Waals surface area contributed by atoms with Gasteiger partial charge in [0.2, 0.25) is 0 Å². The van der Waals surface area contributed by atoms with E-state index in [4.69, 9.17) is 0 Å². The molecule has 0 aliphatic rings. The summed E-state index contributed by atoms with van der Waals surface area (Å²) in [7, 11) is 0. The molecule has 5 nitrogen and oxygen atoms in total. The van der Waals surface area contributed by atoms with E-state index in [1.54, 1.807) is 29.2 Å². The number of amides is 1. The molecule has 0 radical (unpaired) electrons. The van der Waals surface area contributed by atoms with Crippen LogP contribution in [-0.2, 0) is 0 Å². The zero-order chi connectivity index (χ0) is 15.5. The molecule has 1 N–H and O–H groups in total. The van der Waals surface area contributed by atoms with Crippen LogP contribution in [0.15, 0.2) is 63.9 Å². The maximum Gasteiger partial charge on any atom is 0.257 e. The van der Waals surface area contributed by atoms with Gasteiger partial charge in [0, 0.05) is 27.5 Å². The average Bonchev–Trinajstić information content (AvgIpc) is 3.05. The first-order valence-corrected chi connectivity index (χ1v) is 7.94. The molecule has 0 fully saturated rings. The van der Waals surface area contributed by atoms with Crippen LogP contribution in [0.25, 0.3) is 5.82 Å². The average molecular weight is 422 g/mol. The van der Waals surface area contributed by atoms with Gasteiger partial charge in [0.1, 0.15) is 0 Å². The zero-order valence-electron chi connectivity index (χ0n) is 11.2. The number of rotatable bonds is 3. The summed E-state index contributed by atoms with van der Waals surface area (Å²) in [5.74, 6) is 0.434. The van der Waals surface area contributed by atoms with Gasteiger partial charge in [-0.2, -0.15) is 5.10 Å². The van der Waals surface area contributed by atoms with Crippen LogP contribution in [0.1, 0.15) is 10.4 Å². The summed E-state index contributed by atoms with van der Waals surface area (Å²) in [4.78, 5) is 16.5. The normalized spacial score (nSPS) is 10.5. The van der Waals surface area contributed by atoms with E-state index in [1.807, 2.05) is 24.3 Å². The molecular weight excluding hydrogens is 412 g/mol. The summed E-state index contributed by atoms with van der Waals surface area (Å²) in [5.41, 5.74) is 1.17. The number of benzene rings is 1. The van der Waals surface area contributed by atoms with E-state index < -0.39 is 0 Å². The Bertz CT molecular complexity index is 801. The van der Waals surface area contributed by atoms with Gasteiger partial charge in [0.15, 0.2) is 5.82 Å². The van der Waals surface area contributed by atoms with Crippen LogP contribution in [0.4, 0.5) is 5.69 Å². The van der Waals surface area contributed by atoms with Gasteiger partial charge in [-0.15, -0.1) is 0 Å². The van der Waals surface area contributed by atoms with Crippen molar-refractivity contribution in [3.05, 3.63) is 69.5 Å². The number of nitrogens with zero attached hydrogens (tertiary/aromatic N) is 3. The smallest absolute Gasteiger partial charge is 0.257 e. The molecule has 0 saturated carbocycles. The largest absolute Gasteiger partial charge is 0.321 e. The van der Waals surface area contributed by atoms with Crippen molar-refractivity contribution in [2.75, 3.05) is 5.32 Å². The number of carbonyl (C=O) groups excluding carboxylic acids is 1. The van der Waals surface area contributed by atoms with Gasteiger partial charge in [-0.1, -0.05) is 15.9 Å². The molecule has 3 aromatic rings. The van der Waals surface area contributed by atoms with Crippen molar-refractivity contribution in [3.63, 3.8) is 0 Å². The summed E-state index contributed by atoms with van der Waals surface area (Å²) in [6.07, 6.45) is 4.99. The number of halogens is 2. The number of anilines is 1. The van der Waals surface area contributed by atoms with Gasteiger partial charge in [0.25, 0.3) is 5.91 Å². The van der Waals surface area contributed by atoms with Crippen LogP contribution in [0.3, 0.4) is 0 Å². The quantitative estimate of drug-likeness (QED) is 0.694. The SMILES string of the molecule is O=C(Nc1cc(Br)ccc1Br)c1ccc(-n2cccn2)nc1. The molecule has 0 unspecified atom stereocenters. The second kappa shape index (κ2) is 6.41. The number of aromatic nitrogens is 3. The maximum atomic E-state index is 12.3. The van der Waals surface area contributed by atoms with Crippen molar-refractivity contribution in [2.24, 2.45) is 0 Å². The molecular formula is C15H10Br2N4O. The molecule has 0 aliphatic carbocycles. The molecule has 7 heteroatoms. The molecule has 0 atom stereocenters. The van der Waals surface area contributed by atoms with Gasteiger partial charge < -0.3 is 5.32 Å². The highest BCUT2D eigenvalue weighted by molar-refractivity contribution is 9.11. The molecule has 110 valence electrons. The maximum absolute atomic E-state index is 12.3. The summed E-state index contributed by atoms with van der Waals surface area (Å²) >= 11 is 6.79. The molecule has 3 rings (SSSR count). The third-order valence-electron chi connectivity index (χ3n) is 2.93. The molecule has 0 aliphatic heterocycles. The highest BCUT2D eigenvalue weighted by Crippen LogP contribution is 2.26. The van der Waals surface area contributed by atoms with E-state index in [-0.39, 0.29) is 5.91 Å². The van der Waals surface area contributed by atoms with Crippen molar-refractivity contribution in [1.29, 1.82) is 0 Å².